The first kappa shape index (κ1) is 21.7. The summed E-state index contributed by atoms with van der Waals surface area (Å²) in [5, 5.41) is 11.6. The summed E-state index contributed by atoms with van der Waals surface area (Å²) in [4.78, 5) is 24.8. The van der Waals surface area contributed by atoms with Gasteiger partial charge < -0.3 is 26.0 Å². The van der Waals surface area contributed by atoms with Gasteiger partial charge in [-0.05, 0) is 56.3 Å². The number of ether oxygens (including phenoxy) is 1. The fourth-order valence-corrected chi connectivity index (χ4v) is 2.91. The number of nitrogens with one attached hydrogen (secondary N) is 4. The van der Waals surface area contributed by atoms with Crippen molar-refractivity contribution in [2.45, 2.75) is 19.9 Å². The Balaban J connectivity index is 1.58. The van der Waals surface area contributed by atoms with Gasteiger partial charge in [0.1, 0.15) is 11.8 Å². The minimum Gasteiger partial charge on any atom is -0.492 e. The van der Waals surface area contributed by atoms with Crippen LogP contribution < -0.4 is 26.0 Å². The number of urea groups is 1. The number of hydrogen-bond donors (Lipinski definition) is 4. The Hall–Kier alpha value is -4.00. The molecule has 0 aliphatic rings. The highest BCUT2D eigenvalue weighted by atomic mass is 16.5. The average Bonchev–Trinajstić information content (AvgIpc) is 2.76. The van der Waals surface area contributed by atoms with Crippen molar-refractivity contribution in [2.75, 3.05) is 27.9 Å². The molecule has 0 aliphatic heterocycles. The second-order valence-corrected chi connectivity index (χ2v) is 6.81. The maximum Gasteiger partial charge on any atom is 0.323 e. The van der Waals surface area contributed by atoms with E-state index in [0.717, 1.165) is 0 Å². The quantitative estimate of drug-likeness (QED) is 0.406. The molecule has 0 aliphatic carbocycles. The predicted octanol–water partition coefficient (Wildman–Crippen LogP) is 5.17. The Kier molecular flexibility index (Phi) is 7.48. The zero-order chi connectivity index (χ0) is 22.1. The Labute approximate surface area is 181 Å². The number of benzene rings is 3. The van der Waals surface area contributed by atoms with Crippen molar-refractivity contribution in [3.63, 3.8) is 0 Å². The highest BCUT2D eigenvalue weighted by Crippen LogP contribution is 2.24. The smallest absolute Gasteiger partial charge is 0.323 e. The van der Waals surface area contributed by atoms with Crippen LogP contribution in [0.15, 0.2) is 78.9 Å². The Morgan fingerprint density at radius 3 is 2.23 bits per heavy atom. The van der Waals surface area contributed by atoms with Crippen LogP contribution in [0.25, 0.3) is 0 Å². The monoisotopic (exact) mass is 418 g/mol. The molecule has 3 aromatic carbocycles. The fraction of sp³-hybridized carbons (Fsp3) is 0.167. The maximum absolute atomic E-state index is 12.6. The molecular formula is C24H26N4O3. The molecule has 7 heteroatoms. The number of para-hydroxylation sites is 3. The molecule has 160 valence electrons. The van der Waals surface area contributed by atoms with E-state index in [2.05, 4.69) is 21.3 Å². The Morgan fingerprint density at radius 1 is 0.806 bits per heavy atom. The third-order valence-corrected chi connectivity index (χ3v) is 4.37. The lowest BCUT2D eigenvalue weighted by atomic mass is 10.2. The van der Waals surface area contributed by atoms with Crippen molar-refractivity contribution < 1.29 is 14.3 Å². The SMILES string of the molecule is CCOc1ccccc1NC(=O)C(C)Nc1cccc(NC(=O)Nc2ccccc2)c1. The van der Waals surface area contributed by atoms with Crippen LogP contribution in [0.4, 0.5) is 27.5 Å². The molecule has 3 amide bonds. The normalized spacial score (nSPS) is 11.2. The van der Waals surface area contributed by atoms with Crippen LogP contribution in [0.2, 0.25) is 0 Å². The van der Waals surface area contributed by atoms with Crippen LogP contribution in [0.3, 0.4) is 0 Å². The van der Waals surface area contributed by atoms with E-state index in [1.165, 1.54) is 0 Å². The molecule has 0 radical (unpaired) electrons. The third-order valence-electron chi connectivity index (χ3n) is 4.37. The maximum atomic E-state index is 12.6. The van der Waals surface area contributed by atoms with Crippen LogP contribution in [-0.2, 0) is 4.79 Å². The zero-order valence-corrected chi connectivity index (χ0v) is 17.5. The summed E-state index contributed by atoms with van der Waals surface area (Å²) in [5.41, 5.74) is 2.63. The summed E-state index contributed by atoms with van der Waals surface area (Å²) in [6, 6.07) is 22.8. The molecule has 4 N–H and O–H groups in total. The molecule has 0 saturated carbocycles. The highest BCUT2D eigenvalue weighted by Gasteiger charge is 2.15. The van der Waals surface area contributed by atoms with Crippen molar-refractivity contribution in [1.82, 2.24) is 0 Å². The summed E-state index contributed by atoms with van der Waals surface area (Å²) in [5.74, 6) is 0.425. The summed E-state index contributed by atoms with van der Waals surface area (Å²) >= 11 is 0. The van der Waals surface area contributed by atoms with Gasteiger partial charge in [-0.25, -0.2) is 4.79 Å². The largest absolute Gasteiger partial charge is 0.492 e. The number of rotatable bonds is 8. The van der Waals surface area contributed by atoms with Gasteiger partial charge in [-0.1, -0.05) is 36.4 Å². The molecule has 0 fully saturated rings. The van der Waals surface area contributed by atoms with Gasteiger partial charge in [0.05, 0.1) is 12.3 Å². The van der Waals surface area contributed by atoms with Crippen LogP contribution in [0.5, 0.6) is 5.75 Å². The highest BCUT2D eigenvalue weighted by molar-refractivity contribution is 6.00. The van der Waals surface area contributed by atoms with E-state index < -0.39 is 6.04 Å². The number of anilines is 4. The van der Waals surface area contributed by atoms with Crippen molar-refractivity contribution in [3.05, 3.63) is 78.9 Å². The summed E-state index contributed by atoms with van der Waals surface area (Å²) < 4.78 is 5.55. The topological polar surface area (TPSA) is 91.5 Å². The van der Waals surface area contributed by atoms with Crippen LogP contribution in [-0.4, -0.2) is 24.6 Å². The van der Waals surface area contributed by atoms with E-state index in [1.807, 2.05) is 61.5 Å². The van der Waals surface area contributed by atoms with Gasteiger partial charge in [-0.3, -0.25) is 4.79 Å². The van der Waals surface area contributed by atoms with E-state index in [-0.39, 0.29) is 11.9 Å². The Morgan fingerprint density at radius 2 is 1.45 bits per heavy atom. The van der Waals surface area contributed by atoms with Gasteiger partial charge >= 0.3 is 6.03 Å². The van der Waals surface area contributed by atoms with Crippen molar-refractivity contribution in [2.24, 2.45) is 0 Å². The lowest BCUT2D eigenvalue weighted by Gasteiger charge is -2.17. The van der Waals surface area contributed by atoms with Crippen molar-refractivity contribution in [1.29, 1.82) is 0 Å². The zero-order valence-electron chi connectivity index (χ0n) is 17.5. The van der Waals surface area contributed by atoms with Crippen LogP contribution in [0.1, 0.15) is 13.8 Å². The molecule has 0 bridgehead atoms. The molecule has 1 atom stereocenters. The van der Waals surface area contributed by atoms with Crippen LogP contribution in [0, 0.1) is 0 Å². The van der Waals surface area contributed by atoms with Crippen molar-refractivity contribution in [3.8, 4) is 5.75 Å². The van der Waals surface area contributed by atoms with Gasteiger partial charge in [-0.15, -0.1) is 0 Å². The second-order valence-electron chi connectivity index (χ2n) is 6.81. The molecule has 1 unspecified atom stereocenters. The third kappa shape index (κ3) is 6.50. The number of carbonyl (C=O) groups excluding carboxylic acids is 2. The van der Waals surface area contributed by atoms with Crippen molar-refractivity contribution >= 4 is 34.7 Å². The lowest BCUT2D eigenvalue weighted by Crippen LogP contribution is -2.32. The van der Waals surface area contributed by atoms with E-state index in [0.29, 0.717) is 35.1 Å². The standard InChI is InChI=1S/C24H26N4O3/c1-3-31-22-15-8-7-14-21(22)28-23(29)17(2)25-19-12-9-13-20(16-19)27-24(30)26-18-10-5-4-6-11-18/h4-17,25H,3H2,1-2H3,(H,28,29)(H2,26,27,30). The van der Waals surface area contributed by atoms with Crippen LogP contribution >= 0.6 is 0 Å². The molecule has 0 heterocycles. The minimum absolute atomic E-state index is 0.202. The molecule has 0 spiro atoms. The van der Waals surface area contributed by atoms with Gasteiger partial charge in [0, 0.05) is 17.1 Å². The molecule has 31 heavy (non-hydrogen) atoms. The fourth-order valence-electron chi connectivity index (χ4n) is 2.91. The van der Waals surface area contributed by atoms with E-state index >= 15 is 0 Å². The predicted molar refractivity (Wildman–Crippen MR) is 125 cm³/mol. The summed E-state index contributed by atoms with van der Waals surface area (Å²) in [6.45, 7) is 4.17. The van der Waals surface area contributed by atoms with E-state index in [9.17, 15) is 9.59 Å². The lowest BCUT2D eigenvalue weighted by molar-refractivity contribution is -0.116. The molecule has 0 aromatic heterocycles. The first-order valence-electron chi connectivity index (χ1n) is 10.1. The minimum atomic E-state index is -0.511. The first-order valence-corrected chi connectivity index (χ1v) is 10.1. The Bertz CT molecular complexity index is 1020. The van der Waals surface area contributed by atoms with Gasteiger partial charge in [-0.2, -0.15) is 0 Å². The summed E-state index contributed by atoms with van der Waals surface area (Å²) in [6.07, 6.45) is 0. The van der Waals surface area contributed by atoms with Gasteiger partial charge in [0.25, 0.3) is 0 Å². The first-order chi connectivity index (χ1) is 15.0. The molecular weight excluding hydrogens is 392 g/mol. The molecule has 3 rings (SSSR count). The van der Waals surface area contributed by atoms with E-state index in [1.54, 1.807) is 31.2 Å². The molecule has 3 aromatic rings. The second kappa shape index (κ2) is 10.7. The number of hydrogen-bond acceptors (Lipinski definition) is 4. The molecule has 0 saturated heterocycles. The van der Waals surface area contributed by atoms with Gasteiger partial charge in [0.2, 0.25) is 5.91 Å². The molecule has 7 nitrogen and oxygen atoms in total. The number of amides is 3. The summed E-state index contributed by atoms with van der Waals surface area (Å²) in [7, 11) is 0. The average molecular weight is 418 g/mol. The van der Waals surface area contributed by atoms with Gasteiger partial charge in [0.15, 0.2) is 0 Å². The number of carbonyl (C=O) groups is 2. The van der Waals surface area contributed by atoms with E-state index in [4.69, 9.17) is 4.74 Å².